The lowest BCUT2D eigenvalue weighted by Crippen LogP contribution is -2.38. The summed E-state index contributed by atoms with van der Waals surface area (Å²) in [6, 6.07) is 11.9. The molecule has 1 aliphatic heterocycles. The fourth-order valence-corrected chi connectivity index (χ4v) is 2.64. The lowest BCUT2D eigenvalue weighted by atomic mass is 10.2. The molecule has 0 unspecified atom stereocenters. The van der Waals surface area contributed by atoms with Crippen LogP contribution in [0.2, 0.25) is 0 Å². The topological polar surface area (TPSA) is 93.9 Å². The van der Waals surface area contributed by atoms with Crippen LogP contribution in [0.15, 0.2) is 42.5 Å². The number of anilines is 3. The number of fused-ring (bicyclic) bond motifs is 1. The predicted molar refractivity (Wildman–Crippen MR) is 95.0 cm³/mol. The van der Waals surface area contributed by atoms with Crippen LogP contribution in [0, 0.1) is 0 Å². The van der Waals surface area contributed by atoms with E-state index in [0.29, 0.717) is 30.1 Å². The van der Waals surface area contributed by atoms with Crippen LogP contribution in [-0.2, 0) is 9.53 Å². The van der Waals surface area contributed by atoms with E-state index in [9.17, 15) is 9.59 Å². The van der Waals surface area contributed by atoms with E-state index < -0.39 is 5.97 Å². The molecule has 130 valence electrons. The highest BCUT2D eigenvalue weighted by Gasteiger charge is 2.20. The Hall–Kier alpha value is -3.22. The van der Waals surface area contributed by atoms with Gasteiger partial charge in [0.25, 0.3) is 0 Å². The summed E-state index contributed by atoms with van der Waals surface area (Å²) in [7, 11) is 1.32. The molecule has 3 rings (SSSR count). The second-order valence-corrected chi connectivity index (χ2v) is 5.61. The predicted octanol–water partition coefficient (Wildman–Crippen LogP) is 1.89. The van der Waals surface area contributed by atoms with Gasteiger partial charge in [0.15, 0.2) is 0 Å². The van der Waals surface area contributed by atoms with E-state index in [1.165, 1.54) is 7.11 Å². The molecule has 0 fully saturated rings. The number of amides is 1. The number of methoxy groups -OCH3 is 1. The fourth-order valence-electron chi connectivity index (χ4n) is 2.64. The van der Waals surface area contributed by atoms with E-state index in [1.807, 2.05) is 4.90 Å². The average Bonchev–Trinajstić information content (AvgIpc) is 2.62. The molecule has 7 heteroatoms. The number of carbonyl (C=O) groups excluding carboxylic acids is 2. The van der Waals surface area contributed by atoms with Crippen molar-refractivity contribution in [3.8, 4) is 5.75 Å². The van der Waals surface area contributed by atoms with Crippen LogP contribution in [0.1, 0.15) is 10.4 Å². The number of carbonyl (C=O) groups is 2. The zero-order chi connectivity index (χ0) is 17.8. The minimum Gasteiger partial charge on any atom is -0.490 e. The summed E-state index contributed by atoms with van der Waals surface area (Å²) >= 11 is 0. The summed E-state index contributed by atoms with van der Waals surface area (Å²) in [5.41, 5.74) is 8.29. The highest BCUT2D eigenvalue weighted by atomic mass is 16.5. The number of nitrogen functional groups attached to an aromatic ring is 1. The van der Waals surface area contributed by atoms with Gasteiger partial charge in [-0.05, 0) is 42.5 Å². The van der Waals surface area contributed by atoms with E-state index >= 15 is 0 Å². The molecule has 0 saturated heterocycles. The summed E-state index contributed by atoms with van der Waals surface area (Å²) < 4.78 is 10.2. The number of hydrogen-bond acceptors (Lipinski definition) is 6. The van der Waals surface area contributed by atoms with Crippen molar-refractivity contribution in [2.24, 2.45) is 0 Å². The van der Waals surface area contributed by atoms with Gasteiger partial charge in [-0.3, -0.25) is 4.79 Å². The number of nitrogens with zero attached hydrogens (tertiary/aromatic N) is 1. The van der Waals surface area contributed by atoms with Gasteiger partial charge in [-0.25, -0.2) is 4.79 Å². The lowest BCUT2D eigenvalue weighted by molar-refractivity contribution is -0.115. The number of hydrogen-bond donors (Lipinski definition) is 2. The maximum atomic E-state index is 12.3. The number of ether oxygens (including phenoxy) is 2. The van der Waals surface area contributed by atoms with E-state index in [0.717, 1.165) is 11.4 Å². The monoisotopic (exact) mass is 341 g/mol. The minimum absolute atomic E-state index is 0.166. The molecule has 2 aromatic carbocycles. The molecular weight excluding hydrogens is 322 g/mol. The zero-order valence-corrected chi connectivity index (χ0v) is 13.8. The summed E-state index contributed by atoms with van der Waals surface area (Å²) in [6.07, 6.45) is 0. The number of benzene rings is 2. The van der Waals surface area contributed by atoms with Crippen LogP contribution >= 0.6 is 0 Å². The minimum atomic E-state index is -0.416. The van der Waals surface area contributed by atoms with E-state index in [-0.39, 0.29) is 12.5 Å². The molecule has 0 radical (unpaired) electrons. The summed E-state index contributed by atoms with van der Waals surface area (Å²) in [5.74, 6) is 0.136. The maximum Gasteiger partial charge on any atom is 0.337 e. The SMILES string of the molecule is COC(=O)c1ccc(NC(=O)CN2CCOc3ccc(N)cc32)cc1. The van der Waals surface area contributed by atoms with Gasteiger partial charge < -0.3 is 25.4 Å². The van der Waals surface area contributed by atoms with Crippen molar-refractivity contribution in [3.63, 3.8) is 0 Å². The molecule has 0 aromatic heterocycles. The molecule has 1 heterocycles. The van der Waals surface area contributed by atoms with Gasteiger partial charge >= 0.3 is 5.97 Å². The molecule has 1 aliphatic rings. The molecule has 2 aromatic rings. The standard InChI is InChI=1S/C18H19N3O4/c1-24-18(23)12-2-5-14(6-3-12)20-17(22)11-21-8-9-25-16-7-4-13(19)10-15(16)21/h2-7,10H,8-9,11,19H2,1H3,(H,20,22). The summed E-state index contributed by atoms with van der Waals surface area (Å²) in [6.45, 7) is 1.29. The van der Waals surface area contributed by atoms with Gasteiger partial charge in [0, 0.05) is 11.4 Å². The maximum absolute atomic E-state index is 12.3. The highest BCUT2D eigenvalue weighted by molar-refractivity contribution is 5.95. The number of rotatable bonds is 4. The third-order valence-corrected chi connectivity index (χ3v) is 3.87. The molecular formula is C18H19N3O4. The first kappa shape index (κ1) is 16.6. The first-order valence-corrected chi connectivity index (χ1v) is 7.82. The Balaban J connectivity index is 1.66. The fraction of sp³-hybridized carbons (Fsp3) is 0.222. The van der Waals surface area contributed by atoms with Crippen LogP contribution < -0.4 is 20.7 Å². The van der Waals surface area contributed by atoms with Crippen molar-refractivity contribution >= 4 is 28.9 Å². The van der Waals surface area contributed by atoms with Crippen molar-refractivity contribution in [3.05, 3.63) is 48.0 Å². The molecule has 0 spiro atoms. The third-order valence-electron chi connectivity index (χ3n) is 3.87. The van der Waals surface area contributed by atoms with Gasteiger partial charge in [0.1, 0.15) is 12.4 Å². The lowest BCUT2D eigenvalue weighted by Gasteiger charge is -2.30. The summed E-state index contributed by atoms with van der Waals surface area (Å²) in [4.78, 5) is 25.7. The molecule has 0 aliphatic carbocycles. The van der Waals surface area contributed by atoms with Crippen molar-refractivity contribution in [2.75, 3.05) is 42.8 Å². The van der Waals surface area contributed by atoms with Crippen LogP contribution in [0.5, 0.6) is 5.75 Å². The molecule has 0 saturated carbocycles. The van der Waals surface area contributed by atoms with E-state index in [1.54, 1.807) is 42.5 Å². The van der Waals surface area contributed by atoms with Crippen molar-refractivity contribution in [1.82, 2.24) is 0 Å². The average molecular weight is 341 g/mol. The summed E-state index contributed by atoms with van der Waals surface area (Å²) in [5, 5.41) is 2.81. The Bertz CT molecular complexity index is 789. The van der Waals surface area contributed by atoms with Gasteiger partial charge in [-0.2, -0.15) is 0 Å². The second kappa shape index (κ2) is 7.12. The quantitative estimate of drug-likeness (QED) is 0.651. The van der Waals surface area contributed by atoms with E-state index in [4.69, 9.17) is 10.5 Å². The Morgan fingerprint density at radius 2 is 2.00 bits per heavy atom. The van der Waals surface area contributed by atoms with Crippen LogP contribution in [0.3, 0.4) is 0 Å². The molecule has 3 N–H and O–H groups in total. The number of nitrogens with two attached hydrogens (primary N) is 1. The number of nitrogens with one attached hydrogen (secondary N) is 1. The van der Waals surface area contributed by atoms with Crippen molar-refractivity contribution < 1.29 is 19.1 Å². The molecule has 0 atom stereocenters. The highest BCUT2D eigenvalue weighted by Crippen LogP contribution is 2.33. The van der Waals surface area contributed by atoms with Crippen LogP contribution in [0.4, 0.5) is 17.1 Å². The molecule has 7 nitrogen and oxygen atoms in total. The molecule has 0 bridgehead atoms. The van der Waals surface area contributed by atoms with Gasteiger partial charge in [-0.1, -0.05) is 0 Å². The van der Waals surface area contributed by atoms with Crippen LogP contribution in [-0.4, -0.2) is 38.7 Å². The van der Waals surface area contributed by atoms with Gasteiger partial charge in [0.2, 0.25) is 5.91 Å². The Kier molecular flexibility index (Phi) is 4.74. The number of esters is 1. The molecule has 1 amide bonds. The smallest absolute Gasteiger partial charge is 0.337 e. The van der Waals surface area contributed by atoms with Gasteiger partial charge in [0.05, 0.1) is 31.5 Å². The first-order valence-electron chi connectivity index (χ1n) is 7.82. The van der Waals surface area contributed by atoms with Gasteiger partial charge in [-0.15, -0.1) is 0 Å². The normalized spacial score (nSPS) is 12.8. The third kappa shape index (κ3) is 3.82. The Labute approximate surface area is 145 Å². The second-order valence-electron chi connectivity index (χ2n) is 5.61. The van der Waals surface area contributed by atoms with Crippen molar-refractivity contribution in [2.45, 2.75) is 0 Å². The Morgan fingerprint density at radius 3 is 2.72 bits per heavy atom. The Morgan fingerprint density at radius 1 is 1.24 bits per heavy atom. The largest absolute Gasteiger partial charge is 0.490 e. The van der Waals surface area contributed by atoms with E-state index in [2.05, 4.69) is 10.1 Å². The first-order chi connectivity index (χ1) is 12.1. The van der Waals surface area contributed by atoms with Crippen LogP contribution in [0.25, 0.3) is 0 Å². The van der Waals surface area contributed by atoms with Crippen molar-refractivity contribution in [1.29, 1.82) is 0 Å². The zero-order valence-electron chi connectivity index (χ0n) is 13.8. The molecule has 25 heavy (non-hydrogen) atoms.